The molecular formula is C16H8N2O2S3. The topological polar surface area (TPSA) is 76.9 Å². The third-order valence-electron chi connectivity index (χ3n) is 3.47. The Balaban J connectivity index is 1.94. The van der Waals surface area contributed by atoms with Gasteiger partial charge in [-0.2, -0.15) is 5.26 Å². The number of nitrogens with zero attached hydrogens (tertiary/aromatic N) is 1. The number of fused-ring (bicyclic) bond motifs is 1. The van der Waals surface area contributed by atoms with Gasteiger partial charge in [-0.05, 0) is 23.6 Å². The molecule has 0 aliphatic carbocycles. The van der Waals surface area contributed by atoms with Crippen molar-refractivity contribution in [3.63, 3.8) is 0 Å². The van der Waals surface area contributed by atoms with Crippen LogP contribution in [0.15, 0.2) is 39.8 Å². The second kappa shape index (κ2) is 5.35. The number of aromatic nitrogens is 1. The van der Waals surface area contributed by atoms with Gasteiger partial charge in [0.05, 0.1) is 5.39 Å². The molecule has 4 aromatic rings. The van der Waals surface area contributed by atoms with Crippen LogP contribution in [0.25, 0.3) is 30.4 Å². The Morgan fingerprint density at radius 3 is 2.70 bits per heavy atom. The SMILES string of the molecule is N#Cc1c(O)c2c(-c3ccc(-c4cccs4)s3)csc2[nH]c1=O. The molecule has 0 aliphatic heterocycles. The average Bonchev–Trinajstić information content (AvgIpc) is 3.27. The summed E-state index contributed by atoms with van der Waals surface area (Å²) in [6, 6.07) is 9.88. The number of pyridine rings is 1. The molecule has 0 aliphatic rings. The van der Waals surface area contributed by atoms with Gasteiger partial charge in [-0.3, -0.25) is 4.79 Å². The van der Waals surface area contributed by atoms with Crippen molar-refractivity contribution in [1.29, 1.82) is 5.26 Å². The van der Waals surface area contributed by atoms with Gasteiger partial charge in [0.15, 0.2) is 5.56 Å². The first-order valence-electron chi connectivity index (χ1n) is 6.59. The fraction of sp³-hybridized carbons (Fsp3) is 0. The maximum absolute atomic E-state index is 11.8. The fourth-order valence-corrected chi connectivity index (χ4v) is 5.30. The first-order chi connectivity index (χ1) is 11.2. The Bertz CT molecular complexity index is 1110. The summed E-state index contributed by atoms with van der Waals surface area (Å²) in [5, 5.41) is 23.8. The van der Waals surface area contributed by atoms with Crippen LogP contribution in [0.3, 0.4) is 0 Å². The Labute approximate surface area is 142 Å². The van der Waals surface area contributed by atoms with Crippen LogP contribution in [-0.4, -0.2) is 10.1 Å². The van der Waals surface area contributed by atoms with Gasteiger partial charge < -0.3 is 10.1 Å². The van der Waals surface area contributed by atoms with E-state index in [0.717, 1.165) is 15.3 Å². The van der Waals surface area contributed by atoms with Crippen molar-refractivity contribution in [3.8, 4) is 32.0 Å². The Morgan fingerprint density at radius 2 is 1.96 bits per heavy atom. The van der Waals surface area contributed by atoms with Crippen molar-refractivity contribution in [2.24, 2.45) is 0 Å². The number of aromatic hydroxyl groups is 1. The lowest BCUT2D eigenvalue weighted by atomic mass is 10.1. The molecule has 0 amide bonds. The van der Waals surface area contributed by atoms with Crippen molar-refractivity contribution in [1.82, 2.24) is 4.98 Å². The molecule has 0 unspecified atom stereocenters. The van der Waals surface area contributed by atoms with Crippen LogP contribution in [0.2, 0.25) is 0 Å². The molecule has 0 bridgehead atoms. The molecule has 0 radical (unpaired) electrons. The molecule has 0 saturated carbocycles. The standard InChI is InChI=1S/C16H8N2O2S3/c17-6-8-14(19)13-9(7-22-16(13)18-15(8)20)10-3-4-12(23-10)11-2-1-5-21-11/h1-5,7H,(H2,18,19,20). The highest BCUT2D eigenvalue weighted by atomic mass is 32.1. The van der Waals surface area contributed by atoms with E-state index in [1.165, 1.54) is 16.2 Å². The molecule has 0 spiro atoms. The van der Waals surface area contributed by atoms with E-state index in [1.54, 1.807) is 28.7 Å². The van der Waals surface area contributed by atoms with E-state index in [1.807, 2.05) is 29.0 Å². The van der Waals surface area contributed by atoms with Crippen LogP contribution >= 0.6 is 34.0 Å². The summed E-state index contributed by atoms with van der Waals surface area (Å²) in [5.74, 6) is -0.242. The van der Waals surface area contributed by atoms with Crippen LogP contribution in [0.4, 0.5) is 0 Å². The third kappa shape index (κ3) is 2.19. The van der Waals surface area contributed by atoms with Gasteiger partial charge in [0.2, 0.25) is 0 Å². The third-order valence-corrected chi connectivity index (χ3v) is 6.55. The summed E-state index contributed by atoms with van der Waals surface area (Å²) < 4.78 is 0. The largest absolute Gasteiger partial charge is 0.506 e. The van der Waals surface area contributed by atoms with E-state index >= 15 is 0 Å². The van der Waals surface area contributed by atoms with E-state index in [9.17, 15) is 9.90 Å². The van der Waals surface area contributed by atoms with Crippen LogP contribution in [0.5, 0.6) is 5.75 Å². The summed E-state index contributed by atoms with van der Waals surface area (Å²) in [6.07, 6.45) is 0. The minimum atomic E-state index is -0.559. The number of rotatable bonds is 2. The lowest BCUT2D eigenvalue weighted by Crippen LogP contribution is -2.09. The second-order valence-corrected chi connectivity index (χ2v) is 7.70. The summed E-state index contributed by atoms with van der Waals surface area (Å²) in [4.78, 5) is 18.3. The Hall–Kier alpha value is -2.40. The van der Waals surface area contributed by atoms with E-state index in [2.05, 4.69) is 11.1 Å². The maximum atomic E-state index is 11.8. The molecule has 4 heterocycles. The van der Waals surface area contributed by atoms with Crippen molar-refractivity contribution in [3.05, 3.63) is 50.9 Å². The first-order valence-corrected chi connectivity index (χ1v) is 9.17. The molecule has 0 fully saturated rings. The van der Waals surface area contributed by atoms with Gasteiger partial charge in [0.1, 0.15) is 16.6 Å². The maximum Gasteiger partial charge on any atom is 0.270 e. The number of aromatic amines is 1. The zero-order valence-corrected chi connectivity index (χ0v) is 13.9. The second-order valence-electron chi connectivity index (χ2n) is 4.78. The molecule has 0 aromatic carbocycles. The molecule has 4 aromatic heterocycles. The zero-order valence-electron chi connectivity index (χ0n) is 11.5. The summed E-state index contributed by atoms with van der Waals surface area (Å²) in [7, 11) is 0. The molecular weight excluding hydrogens is 348 g/mol. The highest BCUT2D eigenvalue weighted by Crippen LogP contribution is 2.43. The quantitative estimate of drug-likeness (QED) is 0.550. The van der Waals surface area contributed by atoms with Crippen molar-refractivity contribution >= 4 is 44.2 Å². The van der Waals surface area contributed by atoms with E-state index in [-0.39, 0.29) is 11.3 Å². The molecule has 0 atom stereocenters. The number of hydrogen-bond donors (Lipinski definition) is 2. The van der Waals surface area contributed by atoms with Gasteiger partial charge in [0.25, 0.3) is 5.56 Å². The first kappa shape index (κ1) is 14.2. The van der Waals surface area contributed by atoms with Gasteiger partial charge in [0, 0.05) is 25.6 Å². The lowest BCUT2D eigenvalue weighted by molar-refractivity contribution is 0.479. The number of H-pyrrole nitrogens is 1. The lowest BCUT2D eigenvalue weighted by Gasteiger charge is -2.00. The average molecular weight is 356 g/mol. The van der Waals surface area contributed by atoms with E-state index in [4.69, 9.17) is 5.26 Å². The number of thiophene rings is 3. The fourth-order valence-electron chi connectivity index (χ4n) is 2.40. The Morgan fingerprint density at radius 1 is 1.13 bits per heavy atom. The molecule has 23 heavy (non-hydrogen) atoms. The minimum absolute atomic E-state index is 0.242. The smallest absolute Gasteiger partial charge is 0.270 e. The zero-order chi connectivity index (χ0) is 16.0. The van der Waals surface area contributed by atoms with Crippen molar-refractivity contribution in [2.45, 2.75) is 0 Å². The Kier molecular flexibility index (Phi) is 3.31. The molecule has 112 valence electrons. The van der Waals surface area contributed by atoms with E-state index in [0.29, 0.717) is 10.2 Å². The predicted octanol–water partition coefficient (Wildman–Crippen LogP) is 4.62. The predicted molar refractivity (Wildman–Crippen MR) is 95.5 cm³/mol. The molecule has 4 nitrogen and oxygen atoms in total. The molecule has 2 N–H and O–H groups in total. The van der Waals surface area contributed by atoms with Gasteiger partial charge in [-0.1, -0.05) is 6.07 Å². The number of nitriles is 1. The normalized spacial score (nSPS) is 10.9. The minimum Gasteiger partial charge on any atom is -0.506 e. The molecule has 0 saturated heterocycles. The summed E-state index contributed by atoms with van der Waals surface area (Å²) in [6.45, 7) is 0. The number of hydrogen-bond acceptors (Lipinski definition) is 6. The summed E-state index contributed by atoms with van der Waals surface area (Å²) >= 11 is 4.64. The van der Waals surface area contributed by atoms with Crippen LogP contribution in [-0.2, 0) is 0 Å². The molecule has 7 heteroatoms. The summed E-state index contributed by atoms with van der Waals surface area (Å²) in [5.41, 5.74) is 0.0339. The highest BCUT2D eigenvalue weighted by molar-refractivity contribution is 7.24. The van der Waals surface area contributed by atoms with Crippen LogP contribution in [0.1, 0.15) is 5.56 Å². The van der Waals surface area contributed by atoms with Gasteiger partial charge in [-0.25, -0.2) is 0 Å². The van der Waals surface area contributed by atoms with Gasteiger partial charge >= 0.3 is 0 Å². The van der Waals surface area contributed by atoms with Gasteiger partial charge in [-0.15, -0.1) is 34.0 Å². The monoisotopic (exact) mass is 356 g/mol. The van der Waals surface area contributed by atoms with Crippen molar-refractivity contribution in [2.75, 3.05) is 0 Å². The molecule has 4 rings (SSSR count). The van der Waals surface area contributed by atoms with Crippen LogP contribution < -0.4 is 5.56 Å². The van der Waals surface area contributed by atoms with Crippen LogP contribution in [0, 0.1) is 11.3 Å². The van der Waals surface area contributed by atoms with Crippen molar-refractivity contribution < 1.29 is 5.11 Å². The highest BCUT2D eigenvalue weighted by Gasteiger charge is 2.18. The van der Waals surface area contributed by atoms with E-state index < -0.39 is 5.56 Å². The number of nitrogens with one attached hydrogen (secondary N) is 1.